The molecule has 0 aliphatic carbocycles. The highest BCUT2D eigenvalue weighted by Crippen LogP contribution is 2.54. The van der Waals surface area contributed by atoms with Gasteiger partial charge in [0, 0.05) is 15.5 Å². The summed E-state index contributed by atoms with van der Waals surface area (Å²) in [6.07, 6.45) is 1.01. The van der Waals surface area contributed by atoms with Crippen LogP contribution in [0.2, 0.25) is 0 Å². The van der Waals surface area contributed by atoms with Gasteiger partial charge in [0.1, 0.15) is 12.3 Å². The van der Waals surface area contributed by atoms with E-state index in [4.69, 9.17) is 4.74 Å². The minimum Gasteiger partial charge on any atom is -0.349 e. The average molecular weight is 485 g/mol. The molecule has 0 aromatic heterocycles. The van der Waals surface area contributed by atoms with Crippen LogP contribution in [0, 0.1) is 0 Å². The van der Waals surface area contributed by atoms with Crippen molar-refractivity contribution in [2.75, 3.05) is 6.54 Å². The van der Waals surface area contributed by atoms with Gasteiger partial charge in [-0.3, -0.25) is 4.90 Å². The molecule has 1 fully saturated rings. The summed E-state index contributed by atoms with van der Waals surface area (Å²) in [7, 11) is 0. The molecule has 0 N–H and O–H groups in total. The van der Waals surface area contributed by atoms with Crippen molar-refractivity contribution in [1.29, 1.82) is 0 Å². The SMILES string of the molecule is Brc1ccccc1[C@@H]1O[C@@H]2c3ccccc3CCN2[C@H]1c1ccccc1Br. The molecule has 0 bridgehead atoms. The van der Waals surface area contributed by atoms with Gasteiger partial charge in [-0.15, -0.1) is 0 Å². The van der Waals surface area contributed by atoms with E-state index in [9.17, 15) is 0 Å². The molecule has 27 heavy (non-hydrogen) atoms. The van der Waals surface area contributed by atoms with Gasteiger partial charge in [0.25, 0.3) is 0 Å². The van der Waals surface area contributed by atoms with Gasteiger partial charge in [-0.1, -0.05) is 92.5 Å². The number of hydrogen-bond donors (Lipinski definition) is 0. The normalized spacial score (nSPS) is 24.4. The van der Waals surface area contributed by atoms with E-state index in [0.29, 0.717) is 0 Å². The molecule has 1 saturated heterocycles. The van der Waals surface area contributed by atoms with Crippen LogP contribution >= 0.6 is 31.9 Å². The third-order valence-corrected chi connectivity index (χ3v) is 7.06. The number of hydrogen-bond acceptors (Lipinski definition) is 2. The predicted molar refractivity (Wildman–Crippen MR) is 114 cm³/mol. The van der Waals surface area contributed by atoms with E-state index >= 15 is 0 Å². The van der Waals surface area contributed by atoms with Crippen molar-refractivity contribution in [2.45, 2.75) is 24.8 Å². The minimum atomic E-state index is -0.0320. The van der Waals surface area contributed by atoms with Crippen molar-refractivity contribution < 1.29 is 4.74 Å². The lowest BCUT2D eigenvalue weighted by Gasteiger charge is -2.34. The van der Waals surface area contributed by atoms with Gasteiger partial charge in [-0.05, 0) is 40.8 Å². The second-order valence-electron chi connectivity index (χ2n) is 7.08. The molecule has 3 aromatic rings. The molecule has 0 spiro atoms. The summed E-state index contributed by atoms with van der Waals surface area (Å²) in [6, 6.07) is 25.8. The summed E-state index contributed by atoms with van der Waals surface area (Å²) < 4.78 is 8.99. The van der Waals surface area contributed by atoms with Crippen LogP contribution in [0.1, 0.15) is 40.6 Å². The lowest BCUT2D eigenvalue weighted by atomic mass is 9.93. The maximum Gasteiger partial charge on any atom is 0.138 e. The maximum absolute atomic E-state index is 6.76. The molecule has 0 saturated carbocycles. The Balaban J connectivity index is 1.66. The molecule has 2 aliphatic heterocycles. The zero-order chi connectivity index (χ0) is 18.4. The summed E-state index contributed by atoms with van der Waals surface area (Å²) >= 11 is 7.52. The second kappa shape index (κ2) is 7.17. The van der Waals surface area contributed by atoms with E-state index in [-0.39, 0.29) is 18.4 Å². The van der Waals surface area contributed by atoms with Gasteiger partial charge < -0.3 is 4.74 Å². The predicted octanol–water partition coefficient (Wildman–Crippen LogP) is 6.58. The molecule has 136 valence electrons. The number of nitrogens with zero attached hydrogens (tertiary/aromatic N) is 1. The first kappa shape index (κ1) is 17.6. The molecule has 2 aliphatic rings. The third-order valence-electron chi connectivity index (χ3n) is 5.62. The molecule has 0 amide bonds. The van der Waals surface area contributed by atoms with Crippen molar-refractivity contribution in [3.05, 3.63) is 104 Å². The fraction of sp³-hybridized carbons (Fsp3) is 0.217. The van der Waals surface area contributed by atoms with E-state index in [1.54, 1.807) is 0 Å². The van der Waals surface area contributed by atoms with Crippen LogP contribution < -0.4 is 0 Å². The summed E-state index contributed by atoms with van der Waals surface area (Å²) in [5.74, 6) is 0. The summed E-state index contributed by atoms with van der Waals surface area (Å²) in [5, 5.41) is 0. The first-order valence-corrected chi connectivity index (χ1v) is 10.8. The first-order valence-electron chi connectivity index (χ1n) is 9.22. The Morgan fingerprint density at radius 2 is 1.33 bits per heavy atom. The lowest BCUT2D eigenvalue weighted by molar-refractivity contribution is -0.00798. The Bertz CT molecular complexity index is 989. The minimum absolute atomic E-state index is 0.0100. The van der Waals surface area contributed by atoms with Crippen LogP contribution in [0.25, 0.3) is 0 Å². The largest absolute Gasteiger partial charge is 0.349 e. The van der Waals surface area contributed by atoms with Crippen LogP contribution in [0.3, 0.4) is 0 Å². The van der Waals surface area contributed by atoms with Crippen molar-refractivity contribution in [1.82, 2.24) is 4.90 Å². The zero-order valence-corrected chi connectivity index (χ0v) is 17.9. The fourth-order valence-corrected chi connectivity index (χ4v) is 5.41. The van der Waals surface area contributed by atoms with E-state index in [1.807, 2.05) is 0 Å². The fourth-order valence-electron chi connectivity index (χ4n) is 4.38. The molecule has 0 unspecified atom stereocenters. The molecule has 2 nitrogen and oxygen atoms in total. The Kier molecular flexibility index (Phi) is 4.68. The molecular formula is C23H19Br2NO. The summed E-state index contributed by atoms with van der Waals surface area (Å²) in [4.78, 5) is 2.52. The third kappa shape index (κ3) is 2.99. The highest BCUT2D eigenvalue weighted by molar-refractivity contribution is 9.10. The maximum atomic E-state index is 6.76. The number of ether oxygens (including phenoxy) is 1. The Labute approximate surface area is 176 Å². The molecule has 0 radical (unpaired) electrons. The Hall–Kier alpha value is -1.46. The van der Waals surface area contributed by atoms with Crippen molar-refractivity contribution in [2.24, 2.45) is 0 Å². The van der Waals surface area contributed by atoms with Crippen LogP contribution in [0.15, 0.2) is 81.7 Å². The van der Waals surface area contributed by atoms with E-state index in [0.717, 1.165) is 21.9 Å². The molecule has 5 rings (SSSR count). The quantitative estimate of drug-likeness (QED) is 0.407. The molecule has 3 atom stereocenters. The highest BCUT2D eigenvalue weighted by atomic mass is 79.9. The number of rotatable bonds is 2. The molecule has 4 heteroatoms. The average Bonchev–Trinajstić information content (AvgIpc) is 3.08. The number of halogens is 2. The van der Waals surface area contributed by atoms with Crippen LogP contribution in [0.4, 0.5) is 0 Å². The van der Waals surface area contributed by atoms with Crippen molar-refractivity contribution in [3.63, 3.8) is 0 Å². The standard InChI is InChI=1S/C23H19Br2NO/c24-19-11-5-3-9-17(19)21-22(18-10-4-6-12-20(18)25)27-23-16-8-2-1-7-15(16)13-14-26(21)23/h1-12,21-23H,13-14H2/t21-,22-,23+/m0/s1. The van der Waals surface area contributed by atoms with Gasteiger partial charge in [0.15, 0.2) is 0 Å². The van der Waals surface area contributed by atoms with Crippen LogP contribution in [-0.4, -0.2) is 11.4 Å². The smallest absolute Gasteiger partial charge is 0.138 e. The summed E-state index contributed by atoms with van der Waals surface area (Å²) in [5.41, 5.74) is 5.18. The van der Waals surface area contributed by atoms with Gasteiger partial charge >= 0.3 is 0 Å². The monoisotopic (exact) mass is 483 g/mol. The number of benzene rings is 3. The van der Waals surface area contributed by atoms with E-state index in [2.05, 4.69) is 110 Å². The van der Waals surface area contributed by atoms with Gasteiger partial charge in [-0.2, -0.15) is 0 Å². The van der Waals surface area contributed by atoms with E-state index < -0.39 is 0 Å². The number of fused-ring (bicyclic) bond motifs is 3. The van der Waals surface area contributed by atoms with Crippen LogP contribution in [-0.2, 0) is 11.2 Å². The van der Waals surface area contributed by atoms with E-state index in [1.165, 1.54) is 22.3 Å². The topological polar surface area (TPSA) is 12.5 Å². The van der Waals surface area contributed by atoms with Gasteiger partial charge in [-0.25, -0.2) is 0 Å². The molecular weight excluding hydrogens is 466 g/mol. The molecule has 3 aromatic carbocycles. The summed E-state index contributed by atoms with van der Waals surface area (Å²) in [6.45, 7) is 0.995. The zero-order valence-electron chi connectivity index (χ0n) is 14.7. The Morgan fingerprint density at radius 1 is 0.741 bits per heavy atom. The van der Waals surface area contributed by atoms with Gasteiger partial charge in [0.2, 0.25) is 0 Å². The van der Waals surface area contributed by atoms with Crippen LogP contribution in [0.5, 0.6) is 0 Å². The highest BCUT2D eigenvalue weighted by Gasteiger charge is 2.47. The Morgan fingerprint density at radius 3 is 2.04 bits per heavy atom. The van der Waals surface area contributed by atoms with Crippen molar-refractivity contribution in [3.8, 4) is 0 Å². The first-order chi connectivity index (χ1) is 13.2. The van der Waals surface area contributed by atoms with Gasteiger partial charge in [0.05, 0.1) is 6.04 Å². The lowest BCUT2D eigenvalue weighted by Crippen LogP contribution is -2.34. The second-order valence-corrected chi connectivity index (χ2v) is 8.79. The molecule has 2 heterocycles. The van der Waals surface area contributed by atoms with Crippen molar-refractivity contribution >= 4 is 31.9 Å².